The van der Waals surface area contributed by atoms with E-state index >= 15 is 0 Å². The van der Waals surface area contributed by atoms with Gasteiger partial charge >= 0.3 is 39.5 Å². The van der Waals surface area contributed by atoms with Gasteiger partial charge in [0.25, 0.3) is 0 Å². The van der Waals surface area contributed by atoms with Gasteiger partial charge in [0, 0.05) is 25.7 Å². The van der Waals surface area contributed by atoms with Crippen molar-refractivity contribution < 1.29 is 80.2 Å². The Morgan fingerprint density at radius 2 is 0.510 bits per heavy atom. The molecule has 0 heterocycles. The Morgan fingerprint density at radius 1 is 0.284 bits per heavy atom. The topological polar surface area (TPSA) is 237 Å². The highest BCUT2D eigenvalue weighted by Crippen LogP contribution is 2.45. The maximum atomic E-state index is 13.1. The van der Waals surface area contributed by atoms with Crippen molar-refractivity contribution in [2.45, 2.75) is 367 Å². The molecule has 0 aliphatic carbocycles. The van der Waals surface area contributed by atoms with Crippen LogP contribution in [0.2, 0.25) is 0 Å². The van der Waals surface area contributed by atoms with Crippen LogP contribution >= 0.6 is 15.6 Å². The van der Waals surface area contributed by atoms with E-state index in [1.54, 1.807) is 0 Å². The van der Waals surface area contributed by atoms with Gasteiger partial charge in [-0.05, 0) is 122 Å². The highest BCUT2D eigenvalue weighted by atomic mass is 31.2. The Bertz CT molecular complexity index is 2310. The van der Waals surface area contributed by atoms with Crippen LogP contribution in [0, 0.1) is 0 Å². The van der Waals surface area contributed by atoms with E-state index in [9.17, 15) is 43.2 Å². The molecule has 0 bridgehead atoms. The number of unbranched alkanes of at least 4 members (excludes halogenated alkanes) is 34. The molecule has 0 amide bonds. The van der Waals surface area contributed by atoms with Gasteiger partial charge in [0.05, 0.1) is 26.4 Å². The lowest BCUT2D eigenvalue weighted by atomic mass is 10.0. The van der Waals surface area contributed by atoms with E-state index in [1.165, 1.54) is 103 Å². The molecule has 590 valence electrons. The molecule has 0 saturated carbocycles. The summed E-state index contributed by atoms with van der Waals surface area (Å²) in [6.45, 7) is 4.63. The Labute approximate surface area is 620 Å². The second-order valence-electron chi connectivity index (χ2n) is 27.0. The van der Waals surface area contributed by atoms with E-state index < -0.39 is 97.5 Å². The summed E-state index contributed by atoms with van der Waals surface area (Å²) < 4.78 is 68.6. The predicted octanol–water partition coefficient (Wildman–Crippen LogP) is 23.6. The molecule has 0 aliphatic rings. The summed E-state index contributed by atoms with van der Waals surface area (Å²) in [6.07, 6.45) is 79.6. The van der Waals surface area contributed by atoms with Gasteiger partial charge in [-0.1, -0.05) is 298 Å². The molecule has 0 aromatic carbocycles. The molecule has 17 nitrogen and oxygen atoms in total. The summed E-state index contributed by atoms with van der Waals surface area (Å²) in [5, 5.41) is 10.6. The molecule has 0 aliphatic heterocycles. The second kappa shape index (κ2) is 75.2. The first-order valence-corrected chi connectivity index (χ1v) is 43.5. The van der Waals surface area contributed by atoms with Gasteiger partial charge in [0.15, 0.2) is 12.2 Å². The molecule has 19 heteroatoms. The van der Waals surface area contributed by atoms with Gasteiger partial charge in [-0.25, -0.2) is 9.13 Å². The molecule has 0 aromatic heterocycles. The Morgan fingerprint density at radius 3 is 0.814 bits per heavy atom. The van der Waals surface area contributed by atoms with Gasteiger partial charge in [0.1, 0.15) is 19.3 Å². The van der Waals surface area contributed by atoms with Crippen molar-refractivity contribution in [2.75, 3.05) is 39.6 Å². The van der Waals surface area contributed by atoms with Crippen LogP contribution < -0.4 is 0 Å². The lowest BCUT2D eigenvalue weighted by Gasteiger charge is -2.21. The maximum absolute atomic E-state index is 13.1. The van der Waals surface area contributed by atoms with Crippen molar-refractivity contribution in [2.24, 2.45) is 0 Å². The van der Waals surface area contributed by atoms with Crippen LogP contribution in [-0.2, 0) is 65.4 Å². The van der Waals surface area contributed by atoms with Gasteiger partial charge < -0.3 is 33.8 Å². The lowest BCUT2D eigenvalue weighted by Crippen LogP contribution is -2.30. The van der Waals surface area contributed by atoms with Crippen molar-refractivity contribution >= 4 is 39.5 Å². The summed E-state index contributed by atoms with van der Waals surface area (Å²) >= 11 is 0. The van der Waals surface area contributed by atoms with E-state index in [4.69, 9.17) is 37.0 Å². The van der Waals surface area contributed by atoms with Gasteiger partial charge in [-0.15, -0.1) is 0 Å². The molecule has 0 spiro atoms. The largest absolute Gasteiger partial charge is 0.472 e. The average molecular weight is 1480 g/mol. The number of hydrogen-bond acceptors (Lipinski definition) is 15. The number of ether oxygens (including phenoxy) is 4. The monoisotopic (exact) mass is 1480 g/mol. The van der Waals surface area contributed by atoms with Crippen LogP contribution in [0.3, 0.4) is 0 Å². The summed E-state index contributed by atoms with van der Waals surface area (Å²) in [6, 6.07) is 0. The Balaban J connectivity index is 5.38. The van der Waals surface area contributed by atoms with Crippen LogP contribution in [-0.4, -0.2) is 96.7 Å². The minimum Gasteiger partial charge on any atom is -0.462 e. The first-order valence-electron chi connectivity index (χ1n) is 40.5. The van der Waals surface area contributed by atoms with Crippen molar-refractivity contribution in [1.82, 2.24) is 0 Å². The van der Waals surface area contributed by atoms with Gasteiger partial charge in [0.2, 0.25) is 0 Å². The molecule has 5 atom stereocenters. The number of carbonyl (C=O) groups is 4. The molecule has 102 heavy (non-hydrogen) atoms. The summed E-state index contributed by atoms with van der Waals surface area (Å²) in [7, 11) is -9.97. The molecular weight excluding hydrogens is 1330 g/mol. The first kappa shape index (κ1) is 98.0. The van der Waals surface area contributed by atoms with Crippen LogP contribution in [0.1, 0.15) is 349 Å². The van der Waals surface area contributed by atoms with Crippen LogP contribution in [0.25, 0.3) is 0 Å². The summed E-state index contributed by atoms with van der Waals surface area (Å²) in [4.78, 5) is 73.0. The third-order valence-corrected chi connectivity index (χ3v) is 18.9. The van der Waals surface area contributed by atoms with Crippen LogP contribution in [0.5, 0.6) is 0 Å². The number of phosphoric acid groups is 2. The highest BCUT2D eigenvalue weighted by Gasteiger charge is 2.30. The number of allylic oxidation sites excluding steroid dienone is 16. The number of rotatable bonds is 76. The predicted molar refractivity (Wildman–Crippen MR) is 418 cm³/mol. The summed E-state index contributed by atoms with van der Waals surface area (Å²) in [5.41, 5.74) is 0. The minimum atomic E-state index is -4.99. The zero-order chi connectivity index (χ0) is 74.6. The van der Waals surface area contributed by atoms with Crippen molar-refractivity contribution in [1.29, 1.82) is 0 Å². The first-order chi connectivity index (χ1) is 49.7. The highest BCUT2D eigenvalue weighted by molar-refractivity contribution is 7.47. The molecule has 0 radical (unpaired) electrons. The van der Waals surface area contributed by atoms with Gasteiger partial charge in [-0.2, -0.15) is 0 Å². The van der Waals surface area contributed by atoms with Crippen molar-refractivity contribution in [3.05, 3.63) is 97.2 Å². The smallest absolute Gasteiger partial charge is 0.462 e. The minimum absolute atomic E-state index is 0.0404. The molecule has 3 N–H and O–H groups in total. The fourth-order valence-corrected chi connectivity index (χ4v) is 12.5. The fourth-order valence-electron chi connectivity index (χ4n) is 10.9. The van der Waals surface area contributed by atoms with Crippen molar-refractivity contribution in [3.8, 4) is 0 Å². The lowest BCUT2D eigenvalue weighted by molar-refractivity contribution is -0.161. The van der Waals surface area contributed by atoms with E-state index in [2.05, 4.69) is 125 Å². The number of hydrogen-bond donors (Lipinski definition) is 3. The third-order valence-electron chi connectivity index (χ3n) is 17.0. The maximum Gasteiger partial charge on any atom is 0.472 e. The number of carbonyl (C=O) groups excluding carboxylic acids is 4. The van der Waals surface area contributed by atoms with Gasteiger partial charge in [-0.3, -0.25) is 37.3 Å². The number of aliphatic hydroxyl groups is 1. The SMILES string of the molecule is CC/C=C\C/C=C\C/C=C\C/C=C\CCCCC(=O)OC(COC(=O)CCCCCCCCC/C=C\C/C=C\C/C=C\CC)COP(=O)(O)OCC(O)COP(=O)(O)OCC(COC(=O)CCCCCCC/C=C\CCCCCCCC)OC(=O)CCCCCCCCCCCCCCCCC. The van der Waals surface area contributed by atoms with Crippen LogP contribution in [0.4, 0.5) is 0 Å². The fraction of sp³-hybridized carbons (Fsp3) is 0.759. The number of esters is 4. The zero-order valence-electron chi connectivity index (χ0n) is 64.5. The zero-order valence-corrected chi connectivity index (χ0v) is 66.3. The number of phosphoric ester groups is 2. The second-order valence-corrected chi connectivity index (χ2v) is 29.9. The van der Waals surface area contributed by atoms with E-state index in [-0.39, 0.29) is 25.7 Å². The van der Waals surface area contributed by atoms with E-state index in [0.29, 0.717) is 32.1 Å². The van der Waals surface area contributed by atoms with E-state index in [1.807, 2.05) is 0 Å². The van der Waals surface area contributed by atoms with E-state index in [0.717, 1.165) is 161 Å². The third kappa shape index (κ3) is 74.3. The molecule has 0 fully saturated rings. The Kier molecular flexibility index (Phi) is 72.3. The number of aliphatic hydroxyl groups excluding tert-OH is 1. The quantitative estimate of drug-likeness (QED) is 0.0169. The molecule has 0 saturated heterocycles. The van der Waals surface area contributed by atoms with Crippen LogP contribution in [0.15, 0.2) is 97.2 Å². The molecule has 0 rings (SSSR count). The standard InChI is InChI=1S/C83H146O17P2/c1-5-9-13-17-21-25-29-33-37-38-42-44-48-52-56-60-64-68-81(86)94-74-79(100-83(88)70-66-62-58-54-50-46-41-36-32-28-24-20-16-12-8-4)76-98-102(91,92)96-72-77(84)71-95-101(89,90)97-75-78(99-82(87)69-65-61-57-53-49-45-40-35-31-27-23-19-15-11-7-3)73-93-80(85)67-63-59-55-51-47-43-39-34-30-26-22-18-14-10-6-2/h9,12-13,16,21,24-25,28,33-34,36-37,39,41,50,54,77-79,84H,5-8,10-11,14-15,17-20,22-23,26-27,29-32,35,38,40,42-49,51-53,55-76H2,1-4H3,(H,89,90)(H,91,92)/b13-9-,16-12-,25-21-,28-24-,37-33-,39-34-,41-36-,54-50-. The average Bonchev–Trinajstić information content (AvgIpc) is 0.919. The molecule has 0 aromatic rings. The van der Waals surface area contributed by atoms with Crippen molar-refractivity contribution in [3.63, 3.8) is 0 Å². The Hall–Kier alpha value is -4.02. The summed E-state index contributed by atoms with van der Waals surface area (Å²) in [5.74, 6) is -2.22. The molecule has 5 unspecified atom stereocenters. The molecular formula is C83H146O17P2. The normalized spacial score (nSPS) is 14.4.